The van der Waals surface area contributed by atoms with E-state index in [2.05, 4.69) is 41.2 Å². The number of H-pyrrole nitrogens is 1. The number of tetrazole rings is 1. The third kappa shape index (κ3) is 7.41. The SMILES string of the molecule is CO[C@@H]1CC[C@H](C(=O)NCCCc2nn[nH]n2)C[C@H]1Nc1ncccn1.O=CO. The molecular weight excluding hydrogens is 380 g/mol. The van der Waals surface area contributed by atoms with Gasteiger partial charge in [-0.3, -0.25) is 9.59 Å². The lowest BCUT2D eigenvalue weighted by Crippen LogP contribution is -2.45. The number of aromatic nitrogens is 6. The highest BCUT2D eigenvalue weighted by molar-refractivity contribution is 5.78. The van der Waals surface area contributed by atoms with Gasteiger partial charge in [-0.15, -0.1) is 10.2 Å². The molecule has 1 saturated carbocycles. The first kappa shape index (κ1) is 22.1. The number of nitrogens with zero attached hydrogens (tertiary/aromatic N) is 5. The number of aryl methyl sites for hydroxylation is 1. The van der Waals surface area contributed by atoms with Gasteiger partial charge in [0.1, 0.15) is 0 Å². The van der Waals surface area contributed by atoms with Crippen molar-refractivity contribution in [1.29, 1.82) is 0 Å². The molecule has 0 spiro atoms. The molecule has 3 atom stereocenters. The van der Waals surface area contributed by atoms with Crippen molar-refractivity contribution in [1.82, 2.24) is 35.9 Å². The van der Waals surface area contributed by atoms with Crippen LogP contribution in [0.3, 0.4) is 0 Å². The number of methoxy groups -OCH3 is 1. The second kappa shape index (κ2) is 12.3. The van der Waals surface area contributed by atoms with Crippen molar-refractivity contribution in [3.8, 4) is 0 Å². The molecule has 0 radical (unpaired) electrons. The number of carboxylic acid groups (broad SMARTS) is 1. The summed E-state index contributed by atoms with van der Waals surface area (Å²) in [5.74, 6) is 1.24. The van der Waals surface area contributed by atoms with E-state index < -0.39 is 0 Å². The molecule has 4 N–H and O–H groups in total. The number of anilines is 1. The first-order chi connectivity index (χ1) is 14.2. The molecule has 12 heteroatoms. The van der Waals surface area contributed by atoms with E-state index in [1.54, 1.807) is 25.6 Å². The molecule has 1 aliphatic carbocycles. The van der Waals surface area contributed by atoms with Gasteiger partial charge in [-0.05, 0) is 31.7 Å². The average Bonchev–Trinajstić information content (AvgIpc) is 3.26. The number of hydrogen-bond acceptors (Lipinski definition) is 9. The van der Waals surface area contributed by atoms with E-state index >= 15 is 0 Å². The molecule has 2 aromatic rings. The summed E-state index contributed by atoms with van der Waals surface area (Å²) in [7, 11) is 1.70. The zero-order valence-electron chi connectivity index (χ0n) is 16.2. The van der Waals surface area contributed by atoms with Crippen molar-refractivity contribution in [2.24, 2.45) is 5.92 Å². The van der Waals surface area contributed by atoms with Crippen LogP contribution in [0.1, 0.15) is 31.5 Å². The van der Waals surface area contributed by atoms with Crippen molar-refractivity contribution < 1.29 is 19.4 Å². The molecule has 1 aliphatic rings. The molecule has 158 valence electrons. The molecule has 0 bridgehead atoms. The van der Waals surface area contributed by atoms with Gasteiger partial charge in [0.15, 0.2) is 5.82 Å². The molecule has 0 aliphatic heterocycles. The van der Waals surface area contributed by atoms with Crippen LogP contribution in [0.25, 0.3) is 0 Å². The highest BCUT2D eigenvalue weighted by atomic mass is 16.5. The number of carbonyl (C=O) groups is 2. The summed E-state index contributed by atoms with van der Waals surface area (Å²) in [4.78, 5) is 29.3. The van der Waals surface area contributed by atoms with E-state index in [1.807, 2.05) is 0 Å². The van der Waals surface area contributed by atoms with Gasteiger partial charge in [-0.1, -0.05) is 5.21 Å². The Labute approximate surface area is 167 Å². The molecule has 2 aromatic heterocycles. The van der Waals surface area contributed by atoms with Crippen molar-refractivity contribution >= 4 is 18.3 Å². The molecule has 2 heterocycles. The minimum Gasteiger partial charge on any atom is -0.483 e. The predicted octanol–water partition coefficient (Wildman–Crippen LogP) is 0.0351. The van der Waals surface area contributed by atoms with Crippen LogP contribution >= 0.6 is 0 Å². The molecular formula is C17H26N8O4. The second-order valence-corrected chi connectivity index (χ2v) is 6.44. The molecule has 3 rings (SSSR count). The lowest BCUT2D eigenvalue weighted by atomic mass is 9.83. The van der Waals surface area contributed by atoms with Crippen molar-refractivity contribution in [2.75, 3.05) is 19.0 Å². The molecule has 29 heavy (non-hydrogen) atoms. The Morgan fingerprint density at radius 2 is 2.14 bits per heavy atom. The number of rotatable bonds is 8. The minimum absolute atomic E-state index is 0.00577. The van der Waals surface area contributed by atoms with Gasteiger partial charge in [0, 0.05) is 38.4 Å². The van der Waals surface area contributed by atoms with Gasteiger partial charge in [0.25, 0.3) is 6.47 Å². The van der Waals surface area contributed by atoms with Crippen molar-refractivity contribution in [2.45, 2.75) is 44.2 Å². The number of nitrogens with one attached hydrogen (secondary N) is 3. The van der Waals surface area contributed by atoms with Crippen LogP contribution in [-0.4, -0.2) is 73.9 Å². The lowest BCUT2D eigenvalue weighted by molar-refractivity contribution is -0.127. The van der Waals surface area contributed by atoms with Gasteiger partial charge < -0.3 is 20.5 Å². The normalized spacial score (nSPS) is 20.8. The highest BCUT2D eigenvalue weighted by Gasteiger charge is 2.34. The number of hydrogen-bond donors (Lipinski definition) is 4. The zero-order chi connectivity index (χ0) is 20.9. The summed E-state index contributed by atoms with van der Waals surface area (Å²) < 4.78 is 5.57. The summed E-state index contributed by atoms with van der Waals surface area (Å²) in [5.41, 5.74) is 0. The molecule has 0 saturated heterocycles. The Balaban J connectivity index is 0.000000941. The maximum absolute atomic E-state index is 12.5. The first-order valence-corrected chi connectivity index (χ1v) is 9.32. The van der Waals surface area contributed by atoms with E-state index in [0.29, 0.717) is 31.2 Å². The number of ether oxygens (including phenoxy) is 1. The smallest absolute Gasteiger partial charge is 0.290 e. The van der Waals surface area contributed by atoms with Gasteiger partial charge in [0.05, 0.1) is 12.1 Å². The monoisotopic (exact) mass is 406 g/mol. The second-order valence-electron chi connectivity index (χ2n) is 6.44. The Hall–Kier alpha value is -3.15. The van der Waals surface area contributed by atoms with Crippen LogP contribution in [0, 0.1) is 5.92 Å². The largest absolute Gasteiger partial charge is 0.483 e. The molecule has 12 nitrogen and oxygen atoms in total. The van der Waals surface area contributed by atoms with Crippen LogP contribution in [0.2, 0.25) is 0 Å². The first-order valence-electron chi connectivity index (χ1n) is 9.32. The summed E-state index contributed by atoms with van der Waals surface area (Å²) in [6.07, 6.45) is 7.20. The fraction of sp³-hybridized carbons (Fsp3) is 0.588. The average molecular weight is 406 g/mol. The number of carbonyl (C=O) groups excluding carboxylic acids is 1. The Kier molecular flexibility index (Phi) is 9.42. The predicted molar refractivity (Wildman–Crippen MR) is 102 cm³/mol. The van der Waals surface area contributed by atoms with E-state index in [4.69, 9.17) is 14.6 Å². The highest BCUT2D eigenvalue weighted by Crippen LogP contribution is 2.28. The van der Waals surface area contributed by atoms with E-state index in [0.717, 1.165) is 19.3 Å². The van der Waals surface area contributed by atoms with Crippen LogP contribution in [0.4, 0.5) is 5.95 Å². The fourth-order valence-electron chi connectivity index (χ4n) is 3.25. The number of amides is 1. The van der Waals surface area contributed by atoms with Gasteiger partial charge in [0.2, 0.25) is 11.9 Å². The van der Waals surface area contributed by atoms with E-state index in [9.17, 15) is 4.79 Å². The molecule has 0 unspecified atom stereocenters. The molecule has 1 fully saturated rings. The van der Waals surface area contributed by atoms with Crippen molar-refractivity contribution in [3.63, 3.8) is 0 Å². The zero-order valence-corrected chi connectivity index (χ0v) is 16.2. The third-order valence-electron chi connectivity index (χ3n) is 4.61. The summed E-state index contributed by atoms with van der Waals surface area (Å²) in [6, 6.07) is 1.77. The Morgan fingerprint density at radius 1 is 1.38 bits per heavy atom. The van der Waals surface area contributed by atoms with Crippen LogP contribution in [0.5, 0.6) is 0 Å². The van der Waals surface area contributed by atoms with Gasteiger partial charge in [-0.2, -0.15) is 5.21 Å². The summed E-state index contributed by atoms with van der Waals surface area (Å²) >= 11 is 0. The summed E-state index contributed by atoms with van der Waals surface area (Å²) in [6.45, 7) is 0.345. The quantitative estimate of drug-likeness (QED) is 0.347. The number of aromatic amines is 1. The Morgan fingerprint density at radius 3 is 2.79 bits per heavy atom. The van der Waals surface area contributed by atoms with Gasteiger partial charge in [-0.25, -0.2) is 9.97 Å². The van der Waals surface area contributed by atoms with E-state index in [1.165, 1.54) is 0 Å². The maximum Gasteiger partial charge on any atom is 0.290 e. The van der Waals surface area contributed by atoms with Crippen LogP contribution < -0.4 is 10.6 Å². The lowest BCUT2D eigenvalue weighted by Gasteiger charge is -2.35. The van der Waals surface area contributed by atoms with Crippen molar-refractivity contribution in [3.05, 3.63) is 24.3 Å². The molecule has 1 amide bonds. The third-order valence-corrected chi connectivity index (χ3v) is 4.61. The Bertz CT molecular complexity index is 715. The topological polar surface area (TPSA) is 168 Å². The van der Waals surface area contributed by atoms with Gasteiger partial charge >= 0.3 is 0 Å². The fourth-order valence-corrected chi connectivity index (χ4v) is 3.25. The van der Waals surface area contributed by atoms with Crippen LogP contribution in [-0.2, 0) is 20.7 Å². The molecule has 0 aromatic carbocycles. The maximum atomic E-state index is 12.5. The summed E-state index contributed by atoms with van der Waals surface area (Å²) in [5, 5.41) is 26.9. The van der Waals surface area contributed by atoms with E-state index in [-0.39, 0.29) is 30.4 Å². The standard InChI is InChI=1S/C16H24N8O2.CH2O2/c1-26-13-6-5-11(10-12(13)20-16-18-8-3-9-19-16)15(25)17-7-2-4-14-21-23-24-22-14;2-1-3/h3,8-9,11-13H,2,4-7,10H2,1H3,(H,17,25)(H,18,19,20)(H,21,22,23,24);1H,(H,2,3)/t11-,12+,13+;/m0./s1. The van der Waals surface area contributed by atoms with Crippen LogP contribution in [0.15, 0.2) is 18.5 Å². The minimum atomic E-state index is -0.250.